The molecule has 21 heavy (non-hydrogen) atoms. The number of carbonyl (C=O) groups excluding carboxylic acids is 2. The van der Waals surface area contributed by atoms with Crippen molar-refractivity contribution >= 4 is 17.6 Å². The summed E-state index contributed by atoms with van der Waals surface area (Å²) >= 11 is 0. The van der Waals surface area contributed by atoms with Gasteiger partial charge in [-0.15, -0.1) is 0 Å². The van der Waals surface area contributed by atoms with Crippen LogP contribution in [0.2, 0.25) is 0 Å². The lowest BCUT2D eigenvalue weighted by Gasteiger charge is -2.41. The van der Waals surface area contributed by atoms with E-state index < -0.39 is 5.54 Å². The van der Waals surface area contributed by atoms with Crippen molar-refractivity contribution in [3.8, 4) is 0 Å². The van der Waals surface area contributed by atoms with Crippen LogP contribution in [0.15, 0.2) is 29.4 Å². The van der Waals surface area contributed by atoms with E-state index in [0.717, 1.165) is 13.0 Å². The molecule has 0 bridgehead atoms. The molecule has 0 radical (unpaired) electrons. The summed E-state index contributed by atoms with van der Waals surface area (Å²) in [4.78, 5) is 32.2. The largest absolute Gasteiger partial charge is 0.354 e. The molecular weight excluding hydrogens is 268 g/mol. The molecular formula is C15H22N4O2. The van der Waals surface area contributed by atoms with Crippen molar-refractivity contribution in [3.05, 3.63) is 24.4 Å². The highest BCUT2D eigenvalue weighted by Crippen LogP contribution is 2.27. The Balaban J connectivity index is 2.04. The molecule has 2 aliphatic heterocycles. The third-order valence-corrected chi connectivity index (χ3v) is 3.66. The van der Waals surface area contributed by atoms with Gasteiger partial charge in [0.1, 0.15) is 11.4 Å². The highest BCUT2D eigenvalue weighted by Gasteiger charge is 2.44. The molecule has 0 saturated carbocycles. The summed E-state index contributed by atoms with van der Waals surface area (Å²) in [7, 11) is 3.99. The highest BCUT2D eigenvalue weighted by atomic mass is 16.2. The molecule has 114 valence electrons. The molecule has 0 spiro atoms. The molecule has 2 amide bonds. The molecule has 1 N–H and O–H groups in total. The second-order valence-corrected chi connectivity index (χ2v) is 5.80. The van der Waals surface area contributed by atoms with Gasteiger partial charge in [-0.1, -0.05) is 6.08 Å². The molecule has 0 aromatic rings. The van der Waals surface area contributed by atoms with E-state index in [2.05, 4.69) is 15.2 Å². The number of allylic oxidation sites excluding steroid dienone is 2. The average Bonchev–Trinajstić information content (AvgIpc) is 2.43. The van der Waals surface area contributed by atoms with E-state index in [4.69, 9.17) is 0 Å². The maximum Gasteiger partial charge on any atom is 0.250 e. The number of hydrogen-bond acceptors (Lipinski definition) is 4. The van der Waals surface area contributed by atoms with Gasteiger partial charge in [0.15, 0.2) is 0 Å². The minimum absolute atomic E-state index is 0.0915. The van der Waals surface area contributed by atoms with Gasteiger partial charge < -0.3 is 15.1 Å². The van der Waals surface area contributed by atoms with Crippen molar-refractivity contribution in [2.24, 2.45) is 4.99 Å². The Morgan fingerprint density at radius 1 is 1.48 bits per heavy atom. The van der Waals surface area contributed by atoms with Crippen molar-refractivity contribution in [1.82, 2.24) is 15.1 Å². The number of nitrogens with one attached hydrogen (secondary N) is 1. The summed E-state index contributed by atoms with van der Waals surface area (Å²) in [6.07, 6.45) is 8.16. The number of amidine groups is 1. The number of amides is 2. The van der Waals surface area contributed by atoms with Gasteiger partial charge >= 0.3 is 0 Å². The Morgan fingerprint density at radius 3 is 2.95 bits per heavy atom. The standard InChI is InChI=1S/C15H22N4O2/c1-15(14(21)16-8-6-9-18(2)3)11-13(20)17-12-7-4-5-10-19(12)15/h4-5,7,10H,6,8-9,11H2,1-3H3,(H,16,21). The van der Waals surface area contributed by atoms with Gasteiger partial charge in [-0.2, -0.15) is 4.99 Å². The maximum atomic E-state index is 12.5. The molecule has 2 heterocycles. The lowest BCUT2D eigenvalue weighted by atomic mass is 9.91. The molecule has 1 atom stereocenters. The molecule has 2 aliphatic rings. The first-order chi connectivity index (χ1) is 9.93. The second-order valence-electron chi connectivity index (χ2n) is 5.80. The van der Waals surface area contributed by atoms with Crippen LogP contribution in [0.5, 0.6) is 0 Å². The van der Waals surface area contributed by atoms with Gasteiger partial charge in [0.05, 0.1) is 6.42 Å². The van der Waals surface area contributed by atoms with E-state index in [-0.39, 0.29) is 18.2 Å². The molecule has 1 unspecified atom stereocenters. The Hall–Kier alpha value is -1.95. The SMILES string of the molecule is CN(C)CCCNC(=O)C1(C)CC(=O)N=C2C=CC=CN21. The number of aliphatic imine (C=N–C) groups is 1. The van der Waals surface area contributed by atoms with Crippen molar-refractivity contribution in [1.29, 1.82) is 0 Å². The van der Waals surface area contributed by atoms with Gasteiger partial charge in [0, 0.05) is 12.7 Å². The van der Waals surface area contributed by atoms with Crippen LogP contribution in [0, 0.1) is 0 Å². The van der Waals surface area contributed by atoms with Crippen molar-refractivity contribution in [2.45, 2.75) is 25.3 Å². The third-order valence-electron chi connectivity index (χ3n) is 3.66. The zero-order chi connectivity index (χ0) is 15.5. The Labute approximate surface area is 125 Å². The maximum absolute atomic E-state index is 12.5. The van der Waals surface area contributed by atoms with E-state index in [9.17, 15) is 9.59 Å². The van der Waals surface area contributed by atoms with Gasteiger partial charge in [0.25, 0.3) is 5.91 Å². The van der Waals surface area contributed by atoms with Crippen molar-refractivity contribution in [3.63, 3.8) is 0 Å². The van der Waals surface area contributed by atoms with E-state index >= 15 is 0 Å². The van der Waals surface area contributed by atoms with Crippen LogP contribution in [0.4, 0.5) is 0 Å². The molecule has 0 aliphatic carbocycles. The van der Waals surface area contributed by atoms with Crippen LogP contribution >= 0.6 is 0 Å². The quantitative estimate of drug-likeness (QED) is 0.750. The van der Waals surface area contributed by atoms with E-state index in [1.54, 1.807) is 24.1 Å². The first-order valence-electron chi connectivity index (χ1n) is 7.12. The topological polar surface area (TPSA) is 65.0 Å². The first-order valence-corrected chi connectivity index (χ1v) is 7.12. The molecule has 2 rings (SSSR count). The number of fused-ring (bicyclic) bond motifs is 1. The normalized spacial score (nSPS) is 24.1. The molecule has 0 aromatic carbocycles. The summed E-state index contributed by atoms with van der Waals surface area (Å²) in [5.74, 6) is 0.133. The number of carbonyl (C=O) groups is 2. The molecule has 0 saturated heterocycles. The number of hydrogen-bond donors (Lipinski definition) is 1. The van der Waals surface area contributed by atoms with Gasteiger partial charge in [0.2, 0.25) is 5.91 Å². The fraction of sp³-hybridized carbons (Fsp3) is 0.533. The molecule has 0 aromatic heterocycles. The highest BCUT2D eigenvalue weighted by molar-refractivity contribution is 6.09. The molecule has 0 fully saturated rings. The Bertz CT molecular complexity index is 522. The van der Waals surface area contributed by atoms with Crippen LogP contribution < -0.4 is 5.32 Å². The lowest BCUT2D eigenvalue weighted by Crippen LogP contribution is -2.60. The van der Waals surface area contributed by atoms with Gasteiger partial charge in [-0.25, -0.2) is 0 Å². The third kappa shape index (κ3) is 3.39. The molecule has 6 nitrogen and oxygen atoms in total. The van der Waals surface area contributed by atoms with Crippen molar-refractivity contribution < 1.29 is 9.59 Å². The van der Waals surface area contributed by atoms with Crippen LogP contribution in [0.3, 0.4) is 0 Å². The predicted octanol–water partition coefficient (Wildman–Crippen LogP) is 0.527. The van der Waals surface area contributed by atoms with E-state index in [1.807, 2.05) is 26.2 Å². The van der Waals surface area contributed by atoms with E-state index in [1.165, 1.54) is 0 Å². The second kappa shape index (κ2) is 6.22. The average molecular weight is 290 g/mol. The molecule has 6 heteroatoms. The van der Waals surface area contributed by atoms with Crippen LogP contribution in [-0.4, -0.2) is 60.2 Å². The zero-order valence-corrected chi connectivity index (χ0v) is 12.8. The Morgan fingerprint density at radius 2 is 2.24 bits per heavy atom. The first kappa shape index (κ1) is 15.4. The minimum atomic E-state index is -0.909. The predicted molar refractivity (Wildman–Crippen MR) is 81.8 cm³/mol. The van der Waals surface area contributed by atoms with Crippen molar-refractivity contribution in [2.75, 3.05) is 27.2 Å². The number of nitrogens with zero attached hydrogens (tertiary/aromatic N) is 3. The smallest absolute Gasteiger partial charge is 0.250 e. The lowest BCUT2D eigenvalue weighted by molar-refractivity contribution is -0.134. The zero-order valence-electron chi connectivity index (χ0n) is 12.8. The Kier molecular flexibility index (Phi) is 4.57. The number of rotatable bonds is 5. The van der Waals surface area contributed by atoms with E-state index in [0.29, 0.717) is 12.4 Å². The summed E-state index contributed by atoms with van der Waals surface area (Å²) in [5.41, 5.74) is -0.909. The summed E-state index contributed by atoms with van der Waals surface area (Å²) in [6, 6.07) is 0. The van der Waals surface area contributed by atoms with Crippen LogP contribution in [0.1, 0.15) is 19.8 Å². The summed E-state index contributed by atoms with van der Waals surface area (Å²) in [5, 5.41) is 2.93. The van der Waals surface area contributed by atoms with Gasteiger partial charge in [-0.3, -0.25) is 9.59 Å². The summed E-state index contributed by atoms with van der Waals surface area (Å²) in [6.45, 7) is 3.29. The summed E-state index contributed by atoms with van der Waals surface area (Å²) < 4.78 is 0. The fourth-order valence-corrected chi connectivity index (χ4v) is 2.47. The fourth-order valence-electron chi connectivity index (χ4n) is 2.47. The minimum Gasteiger partial charge on any atom is -0.354 e. The van der Waals surface area contributed by atoms with Crippen LogP contribution in [0.25, 0.3) is 0 Å². The monoisotopic (exact) mass is 290 g/mol. The van der Waals surface area contributed by atoms with Crippen LogP contribution in [-0.2, 0) is 9.59 Å². The van der Waals surface area contributed by atoms with Gasteiger partial charge in [-0.05, 0) is 46.1 Å².